The van der Waals surface area contributed by atoms with Crippen LogP contribution in [0.15, 0.2) is 24.3 Å². The van der Waals surface area contributed by atoms with Crippen LogP contribution in [0.5, 0.6) is 0 Å². The molecule has 0 unspecified atom stereocenters. The molecule has 0 aromatic heterocycles. The lowest BCUT2D eigenvalue weighted by molar-refractivity contribution is -0.131. The van der Waals surface area contributed by atoms with Gasteiger partial charge in [-0.25, -0.2) is 4.79 Å². The molecule has 6 nitrogen and oxygen atoms in total. The fourth-order valence-corrected chi connectivity index (χ4v) is 2.01. The maximum atomic E-state index is 12.1. The van der Waals surface area contributed by atoms with Crippen LogP contribution in [0.4, 0.5) is 0 Å². The first-order chi connectivity index (χ1) is 11.1. The number of carbonyl (C=O) groups is 3. The molecule has 132 valence electrons. The quantitative estimate of drug-likeness (QED) is 0.749. The molecule has 1 rings (SSSR count). The third-order valence-corrected chi connectivity index (χ3v) is 3.58. The summed E-state index contributed by atoms with van der Waals surface area (Å²) in [7, 11) is 1.71. The minimum Gasteiger partial charge on any atom is -0.478 e. The molecule has 0 radical (unpaired) electrons. The van der Waals surface area contributed by atoms with E-state index >= 15 is 0 Å². The first kappa shape index (κ1) is 19.7. The van der Waals surface area contributed by atoms with Gasteiger partial charge >= 0.3 is 5.97 Å². The van der Waals surface area contributed by atoms with E-state index in [4.69, 9.17) is 5.11 Å². The van der Waals surface area contributed by atoms with Crippen LogP contribution in [0.1, 0.15) is 49.5 Å². The third-order valence-electron chi connectivity index (χ3n) is 3.58. The van der Waals surface area contributed by atoms with Crippen LogP contribution in [0, 0.1) is 5.41 Å². The highest BCUT2D eigenvalue weighted by Crippen LogP contribution is 2.12. The zero-order valence-corrected chi connectivity index (χ0v) is 14.8. The van der Waals surface area contributed by atoms with E-state index < -0.39 is 11.4 Å². The molecule has 1 aromatic rings. The van der Waals surface area contributed by atoms with Crippen molar-refractivity contribution in [1.29, 1.82) is 0 Å². The van der Waals surface area contributed by atoms with E-state index in [0.29, 0.717) is 25.9 Å². The van der Waals surface area contributed by atoms with Crippen molar-refractivity contribution in [2.24, 2.45) is 5.41 Å². The maximum absolute atomic E-state index is 12.1. The third kappa shape index (κ3) is 6.40. The standard InChI is InChI=1S/C18H26N2O4/c1-18(2,3)17(24)19-11-5-6-15(21)20(4)12-13-7-9-14(10-8-13)16(22)23/h7-10H,5-6,11-12H2,1-4H3,(H,19,24)(H,22,23). The van der Waals surface area contributed by atoms with Gasteiger partial charge in [0.15, 0.2) is 0 Å². The summed E-state index contributed by atoms with van der Waals surface area (Å²) in [5, 5.41) is 11.7. The molecular weight excluding hydrogens is 308 g/mol. The normalized spacial score (nSPS) is 11.0. The van der Waals surface area contributed by atoms with E-state index in [2.05, 4.69) is 5.32 Å². The van der Waals surface area contributed by atoms with E-state index in [1.165, 1.54) is 12.1 Å². The van der Waals surface area contributed by atoms with Crippen molar-refractivity contribution in [3.63, 3.8) is 0 Å². The number of rotatable bonds is 7. The first-order valence-corrected chi connectivity index (χ1v) is 7.96. The molecular formula is C18H26N2O4. The lowest BCUT2D eigenvalue weighted by Gasteiger charge is -2.19. The van der Waals surface area contributed by atoms with Crippen molar-refractivity contribution in [3.05, 3.63) is 35.4 Å². The second-order valence-electron chi connectivity index (χ2n) is 6.86. The molecule has 0 heterocycles. The molecule has 24 heavy (non-hydrogen) atoms. The number of hydrogen-bond donors (Lipinski definition) is 2. The summed E-state index contributed by atoms with van der Waals surface area (Å²) >= 11 is 0. The van der Waals surface area contributed by atoms with E-state index in [-0.39, 0.29) is 17.4 Å². The molecule has 0 atom stereocenters. The number of nitrogens with zero attached hydrogens (tertiary/aromatic N) is 1. The predicted octanol–water partition coefficient (Wildman–Crippen LogP) is 2.29. The Balaban J connectivity index is 2.37. The maximum Gasteiger partial charge on any atom is 0.335 e. The van der Waals surface area contributed by atoms with Crippen molar-refractivity contribution in [2.75, 3.05) is 13.6 Å². The van der Waals surface area contributed by atoms with Gasteiger partial charge in [-0.3, -0.25) is 9.59 Å². The van der Waals surface area contributed by atoms with Crippen LogP contribution in [0.25, 0.3) is 0 Å². The van der Waals surface area contributed by atoms with E-state index in [1.54, 1.807) is 24.1 Å². The molecule has 0 fully saturated rings. The second kappa shape index (κ2) is 8.47. The van der Waals surface area contributed by atoms with Gasteiger partial charge in [-0.05, 0) is 24.1 Å². The Labute approximate surface area is 142 Å². The lowest BCUT2D eigenvalue weighted by Crippen LogP contribution is -2.35. The van der Waals surface area contributed by atoms with E-state index in [1.807, 2.05) is 20.8 Å². The number of aromatic carboxylic acids is 1. The SMILES string of the molecule is CN(Cc1ccc(C(=O)O)cc1)C(=O)CCCNC(=O)C(C)(C)C. The van der Waals surface area contributed by atoms with Crippen LogP contribution < -0.4 is 5.32 Å². The number of amides is 2. The Kier molecular flexibility index (Phi) is 6.95. The molecule has 2 amide bonds. The van der Waals surface area contributed by atoms with Gasteiger partial charge in [0.2, 0.25) is 11.8 Å². The first-order valence-electron chi connectivity index (χ1n) is 7.96. The average Bonchev–Trinajstić information content (AvgIpc) is 2.50. The van der Waals surface area contributed by atoms with Crippen LogP contribution in [-0.2, 0) is 16.1 Å². The summed E-state index contributed by atoms with van der Waals surface area (Å²) in [6.07, 6.45) is 0.942. The summed E-state index contributed by atoms with van der Waals surface area (Å²) in [5.74, 6) is -1.01. The van der Waals surface area contributed by atoms with E-state index in [9.17, 15) is 14.4 Å². The summed E-state index contributed by atoms with van der Waals surface area (Å²) in [5.41, 5.74) is 0.669. The smallest absolute Gasteiger partial charge is 0.335 e. The Morgan fingerprint density at radius 3 is 2.21 bits per heavy atom. The molecule has 0 saturated heterocycles. The van der Waals surface area contributed by atoms with Gasteiger partial charge in [-0.1, -0.05) is 32.9 Å². The molecule has 0 aliphatic heterocycles. The minimum atomic E-state index is -0.969. The number of benzene rings is 1. The molecule has 0 spiro atoms. The molecule has 0 saturated carbocycles. The van der Waals surface area contributed by atoms with Crippen LogP contribution in [0.2, 0.25) is 0 Å². The van der Waals surface area contributed by atoms with Gasteiger partial charge in [-0.15, -0.1) is 0 Å². The largest absolute Gasteiger partial charge is 0.478 e. The molecule has 0 aliphatic rings. The summed E-state index contributed by atoms with van der Waals surface area (Å²) in [4.78, 5) is 36.2. The number of carboxylic acid groups (broad SMARTS) is 1. The fraction of sp³-hybridized carbons (Fsp3) is 0.500. The van der Waals surface area contributed by atoms with E-state index in [0.717, 1.165) is 5.56 Å². The molecule has 0 aliphatic carbocycles. The lowest BCUT2D eigenvalue weighted by atomic mass is 9.96. The van der Waals surface area contributed by atoms with Crippen molar-refractivity contribution in [1.82, 2.24) is 10.2 Å². The zero-order valence-electron chi connectivity index (χ0n) is 14.8. The van der Waals surface area contributed by atoms with Gasteiger partial charge < -0.3 is 15.3 Å². The van der Waals surface area contributed by atoms with Gasteiger partial charge in [0.1, 0.15) is 0 Å². The number of hydrogen-bond acceptors (Lipinski definition) is 3. The molecule has 2 N–H and O–H groups in total. The fourth-order valence-electron chi connectivity index (χ4n) is 2.01. The number of nitrogens with one attached hydrogen (secondary N) is 1. The number of carboxylic acids is 1. The monoisotopic (exact) mass is 334 g/mol. The summed E-state index contributed by atoms with van der Waals surface area (Å²) in [6.45, 7) is 6.43. The highest BCUT2D eigenvalue weighted by Gasteiger charge is 2.20. The topological polar surface area (TPSA) is 86.7 Å². The van der Waals surface area contributed by atoms with Crippen molar-refractivity contribution in [2.45, 2.75) is 40.2 Å². The van der Waals surface area contributed by atoms with Gasteiger partial charge in [0.05, 0.1) is 5.56 Å². The predicted molar refractivity (Wildman–Crippen MR) is 91.6 cm³/mol. The Morgan fingerprint density at radius 1 is 1.12 bits per heavy atom. The van der Waals surface area contributed by atoms with Crippen LogP contribution in [0.3, 0.4) is 0 Å². The van der Waals surface area contributed by atoms with Crippen molar-refractivity contribution >= 4 is 17.8 Å². The highest BCUT2D eigenvalue weighted by molar-refractivity contribution is 5.87. The molecule has 1 aromatic carbocycles. The number of carbonyl (C=O) groups excluding carboxylic acids is 2. The van der Waals surface area contributed by atoms with Crippen molar-refractivity contribution < 1.29 is 19.5 Å². The van der Waals surface area contributed by atoms with Gasteiger partial charge in [0.25, 0.3) is 0 Å². The van der Waals surface area contributed by atoms with Crippen molar-refractivity contribution in [3.8, 4) is 0 Å². The van der Waals surface area contributed by atoms with Gasteiger partial charge in [-0.2, -0.15) is 0 Å². The Morgan fingerprint density at radius 2 is 1.71 bits per heavy atom. The Hall–Kier alpha value is -2.37. The van der Waals surface area contributed by atoms with Gasteiger partial charge in [0, 0.05) is 32.0 Å². The molecule has 6 heteroatoms. The summed E-state index contributed by atoms with van der Waals surface area (Å²) in [6, 6.07) is 6.46. The molecule has 0 bridgehead atoms. The minimum absolute atomic E-state index is 0.0117. The van der Waals surface area contributed by atoms with Crippen LogP contribution >= 0.6 is 0 Å². The average molecular weight is 334 g/mol. The van der Waals surface area contributed by atoms with Crippen LogP contribution in [-0.4, -0.2) is 41.4 Å². The second-order valence-corrected chi connectivity index (χ2v) is 6.86. The summed E-state index contributed by atoms with van der Waals surface area (Å²) < 4.78 is 0. The Bertz CT molecular complexity index is 588. The highest BCUT2D eigenvalue weighted by atomic mass is 16.4. The zero-order chi connectivity index (χ0) is 18.3.